The third-order valence-electron chi connectivity index (χ3n) is 2.32. The van der Waals surface area contributed by atoms with Crippen LogP contribution in [0, 0.1) is 17.1 Å². The Bertz CT molecular complexity index is 607. The lowest BCUT2D eigenvalue weighted by Crippen LogP contribution is -1.87. The van der Waals surface area contributed by atoms with Crippen LogP contribution < -0.4 is 4.74 Å². The molecule has 90 valence electrons. The van der Waals surface area contributed by atoms with E-state index in [1.807, 2.05) is 6.07 Å². The van der Waals surface area contributed by atoms with E-state index in [2.05, 4.69) is 6.07 Å². The first-order valence-electron chi connectivity index (χ1n) is 5.24. The molecule has 0 saturated carbocycles. The fourth-order valence-corrected chi connectivity index (χ4v) is 2.49. The summed E-state index contributed by atoms with van der Waals surface area (Å²) in [6, 6.07) is 13.5. The van der Waals surface area contributed by atoms with E-state index < -0.39 is 0 Å². The number of halogens is 1. The number of hydrogen-bond acceptors (Lipinski definition) is 3. The van der Waals surface area contributed by atoms with Gasteiger partial charge < -0.3 is 4.74 Å². The van der Waals surface area contributed by atoms with Crippen molar-refractivity contribution in [1.29, 1.82) is 5.26 Å². The van der Waals surface area contributed by atoms with Crippen LogP contribution in [0.5, 0.6) is 5.75 Å². The van der Waals surface area contributed by atoms with Gasteiger partial charge in [0.15, 0.2) is 0 Å². The monoisotopic (exact) mass is 259 g/mol. The second-order valence-electron chi connectivity index (χ2n) is 3.54. The molecule has 2 aromatic carbocycles. The summed E-state index contributed by atoms with van der Waals surface area (Å²) < 4.78 is 18.3. The average Bonchev–Trinajstić information content (AvgIpc) is 2.38. The Kier molecular flexibility index (Phi) is 3.85. The predicted octanol–water partition coefficient (Wildman–Crippen LogP) is 3.86. The molecule has 4 heteroatoms. The first-order chi connectivity index (χ1) is 8.72. The highest BCUT2D eigenvalue weighted by Crippen LogP contribution is 2.35. The zero-order chi connectivity index (χ0) is 13.0. The van der Waals surface area contributed by atoms with E-state index in [-0.39, 0.29) is 5.82 Å². The van der Waals surface area contributed by atoms with Crippen molar-refractivity contribution in [2.45, 2.75) is 9.79 Å². The number of nitrogens with zero attached hydrogens (tertiary/aromatic N) is 1. The lowest BCUT2D eigenvalue weighted by Gasteiger charge is -2.08. The fraction of sp³-hybridized carbons (Fsp3) is 0.0714. The van der Waals surface area contributed by atoms with Crippen LogP contribution in [0.2, 0.25) is 0 Å². The van der Waals surface area contributed by atoms with E-state index in [1.165, 1.54) is 23.9 Å². The summed E-state index contributed by atoms with van der Waals surface area (Å²) in [6.07, 6.45) is 0. The molecule has 0 aliphatic carbocycles. The van der Waals surface area contributed by atoms with Gasteiger partial charge in [0.1, 0.15) is 11.6 Å². The Balaban J connectivity index is 2.36. The average molecular weight is 259 g/mol. The summed E-state index contributed by atoms with van der Waals surface area (Å²) >= 11 is 1.37. The van der Waals surface area contributed by atoms with Gasteiger partial charge in [-0.2, -0.15) is 5.26 Å². The Morgan fingerprint density at radius 3 is 2.72 bits per heavy atom. The van der Waals surface area contributed by atoms with Crippen molar-refractivity contribution in [2.24, 2.45) is 0 Å². The van der Waals surface area contributed by atoms with Crippen LogP contribution >= 0.6 is 11.8 Å². The van der Waals surface area contributed by atoms with E-state index in [4.69, 9.17) is 10.00 Å². The van der Waals surface area contributed by atoms with Crippen molar-refractivity contribution in [3.8, 4) is 11.8 Å². The SMILES string of the molecule is COc1ccc(C#N)cc1Sc1cccc(F)c1. The van der Waals surface area contributed by atoms with Gasteiger partial charge >= 0.3 is 0 Å². The summed E-state index contributed by atoms with van der Waals surface area (Å²) in [5.41, 5.74) is 0.551. The van der Waals surface area contributed by atoms with E-state index in [1.54, 1.807) is 31.4 Å². The van der Waals surface area contributed by atoms with Crippen molar-refractivity contribution in [3.05, 3.63) is 53.8 Å². The first-order valence-corrected chi connectivity index (χ1v) is 6.06. The van der Waals surface area contributed by atoms with Crippen LogP contribution in [0.4, 0.5) is 4.39 Å². The van der Waals surface area contributed by atoms with Gasteiger partial charge in [0.05, 0.1) is 23.6 Å². The summed E-state index contributed by atoms with van der Waals surface area (Å²) in [5, 5.41) is 8.88. The van der Waals surface area contributed by atoms with Gasteiger partial charge in [-0.3, -0.25) is 0 Å². The molecule has 0 unspecified atom stereocenters. The molecule has 2 aromatic rings. The second kappa shape index (κ2) is 5.56. The summed E-state index contributed by atoms with van der Waals surface area (Å²) in [5.74, 6) is 0.388. The van der Waals surface area contributed by atoms with Gasteiger partial charge in [-0.15, -0.1) is 0 Å². The third kappa shape index (κ3) is 2.82. The summed E-state index contributed by atoms with van der Waals surface area (Å²) in [6.45, 7) is 0. The minimum Gasteiger partial charge on any atom is -0.496 e. The molecule has 0 saturated heterocycles. The minimum absolute atomic E-state index is 0.282. The Morgan fingerprint density at radius 2 is 2.06 bits per heavy atom. The molecule has 0 N–H and O–H groups in total. The van der Waals surface area contributed by atoms with Crippen molar-refractivity contribution in [3.63, 3.8) is 0 Å². The number of hydrogen-bond donors (Lipinski definition) is 0. The molecule has 0 aromatic heterocycles. The maximum Gasteiger partial charge on any atom is 0.132 e. The topological polar surface area (TPSA) is 33.0 Å². The number of benzene rings is 2. The quantitative estimate of drug-likeness (QED) is 0.839. The normalized spacial score (nSPS) is 9.83. The fourth-order valence-electron chi connectivity index (χ4n) is 1.48. The molecule has 0 aliphatic rings. The van der Waals surface area contributed by atoms with Crippen LogP contribution in [0.15, 0.2) is 52.3 Å². The molecular weight excluding hydrogens is 249 g/mol. The highest BCUT2D eigenvalue weighted by molar-refractivity contribution is 7.99. The maximum atomic E-state index is 13.1. The number of rotatable bonds is 3. The van der Waals surface area contributed by atoms with E-state index >= 15 is 0 Å². The maximum absolute atomic E-state index is 13.1. The van der Waals surface area contributed by atoms with Crippen molar-refractivity contribution in [2.75, 3.05) is 7.11 Å². The summed E-state index contributed by atoms with van der Waals surface area (Å²) in [7, 11) is 1.57. The van der Waals surface area contributed by atoms with E-state index in [0.29, 0.717) is 11.3 Å². The molecule has 2 rings (SSSR count). The largest absolute Gasteiger partial charge is 0.496 e. The highest BCUT2D eigenvalue weighted by atomic mass is 32.2. The molecule has 0 amide bonds. The number of ether oxygens (including phenoxy) is 1. The van der Waals surface area contributed by atoms with Crippen molar-refractivity contribution < 1.29 is 9.13 Å². The highest BCUT2D eigenvalue weighted by Gasteiger charge is 2.07. The molecular formula is C14H10FNOS. The standard InChI is InChI=1S/C14H10FNOS/c1-17-13-6-5-10(9-16)7-14(13)18-12-4-2-3-11(15)8-12/h2-8H,1H3. The van der Waals surface area contributed by atoms with Gasteiger partial charge in [-0.25, -0.2) is 4.39 Å². The minimum atomic E-state index is -0.282. The van der Waals surface area contributed by atoms with Crippen LogP contribution in [-0.2, 0) is 0 Å². The van der Waals surface area contributed by atoms with E-state index in [0.717, 1.165) is 9.79 Å². The molecule has 0 heterocycles. The van der Waals surface area contributed by atoms with Crippen LogP contribution in [0.25, 0.3) is 0 Å². The van der Waals surface area contributed by atoms with Gasteiger partial charge in [-0.1, -0.05) is 17.8 Å². The third-order valence-corrected chi connectivity index (χ3v) is 3.35. The van der Waals surface area contributed by atoms with Crippen LogP contribution in [-0.4, -0.2) is 7.11 Å². The molecule has 0 fully saturated rings. The zero-order valence-electron chi connectivity index (χ0n) is 9.68. The van der Waals surface area contributed by atoms with Crippen LogP contribution in [0.1, 0.15) is 5.56 Å². The van der Waals surface area contributed by atoms with Gasteiger partial charge in [0.25, 0.3) is 0 Å². The van der Waals surface area contributed by atoms with E-state index in [9.17, 15) is 4.39 Å². The molecule has 0 radical (unpaired) electrons. The number of methoxy groups -OCH3 is 1. The Hall–Kier alpha value is -1.99. The smallest absolute Gasteiger partial charge is 0.132 e. The van der Waals surface area contributed by atoms with Gasteiger partial charge in [0.2, 0.25) is 0 Å². The lowest BCUT2D eigenvalue weighted by atomic mass is 10.2. The first kappa shape index (κ1) is 12.5. The molecule has 18 heavy (non-hydrogen) atoms. The second-order valence-corrected chi connectivity index (χ2v) is 4.65. The van der Waals surface area contributed by atoms with Crippen molar-refractivity contribution in [1.82, 2.24) is 0 Å². The molecule has 0 atom stereocenters. The van der Waals surface area contributed by atoms with Gasteiger partial charge in [0, 0.05) is 4.90 Å². The van der Waals surface area contributed by atoms with Crippen LogP contribution in [0.3, 0.4) is 0 Å². The van der Waals surface area contributed by atoms with Crippen molar-refractivity contribution >= 4 is 11.8 Å². The lowest BCUT2D eigenvalue weighted by molar-refractivity contribution is 0.405. The van der Waals surface area contributed by atoms with Gasteiger partial charge in [-0.05, 0) is 36.4 Å². The molecule has 0 spiro atoms. The predicted molar refractivity (Wildman–Crippen MR) is 68.2 cm³/mol. The summed E-state index contributed by atoms with van der Waals surface area (Å²) in [4.78, 5) is 1.56. The molecule has 0 aliphatic heterocycles. The molecule has 2 nitrogen and oxygen atoms in total. The molecule has 0 bridgehead atoms. The zero-order valence-corrected chi connectivity index (χ0v) is 10.5. The Labute approximate surface area is 109 Å². The Morgan fingerprint density at radius 1 is 1.22 bits per heavy atom. The number of nitriles is 1.